The summed E-state index contributed by atoms with van der Waals surface area (Å²) in [4.78, 5) is 27.1. The molecular formula is C28H34N10O. The number of hydrogen-bond acceptors (Lipinski definition) is 10. The highest BCUT2D eigenvalue weighted by atomic mass is 16.5. The van der Waals surface area contributed by atoms with Crippen LogP contribution in [-0.2, 0) is 17.7 Å². The summed E-state index contributed by atoms with van der Waals surface area (Å²) in [5.41, 5.74) is 4.15. The van der Waals surface area contributed by atoms with Crippen LogP contribution in [0.2, 0.25) is 0 Å². The van der Waals surface area contributed by atoms with Crippen molar-refractivity contribution < 1.29 is 4.74 Å². The zero-order chi connectivity index (χ0) is 26.4. The molecule has 6 rings (SSSR count). The van der Waals surface area contributed by atoms with Crippen LogP contribution < -0.4 is 15.1 Å². The molecule has 2 aliphatic rings. The molecule has 0 unspecified atom stereocenters. The molecule has 202 valence electrons. The number of nitrogens with zero attached hydrogens (tertiary/aromatic N) is 9. The third-order valence-electron chi connectivity index (χ3n) is 7.20. The fourth-order valence-electron chi connectivity index (χ4n) is 5.06. The molecule has 0 aliphatic carbocycles. The summed E-state index contributed by atoms with van der Waals surface area (Å²) in [6.07, 6.45) is 11.9. The van der Waals surface area contributed by atoms with E-state index in [1.165, 1.54) is 12.0 Å². The van der Waals surface area contributed by atoms with Crippen molar-refractivity contribution in [3.05, 3.63) is 72.1 Å². The molecule has 2 saturated heterocycles. The number of aromatic nitrogens is 7. The average molecular weight is 527 g/mol. The van der Waals surface area contributed by atoms with Crippen LogP contribution in [-0.4, -0.2) is 73.6 Å². The van der Waals surface area contributed by atoms with Gasteiger partial charge >= 0.3 is 0 Å². The van der Waals surface area contributed by atoms with Crippen LogP contribution in [0.25, 0.3) is 0 Å². The van der Waals surface area contributed by atoms with Crippen molar-refractivity contribution in [3.8, 4) is 0 Å². The first kappa shape index (κ1) is 25.2. The van der Waals surface area contributed by atoms with E-state index in [0.29, 0.717) is 11.9 Å². The van der Waals surface area contributed by atoms with E-state index in [0.717, 1.165) is 81.5 Å². The van der Waals surface area contributed by atoms with Gasteiger partial charge in [-0.1, -0.05) is 30.3 Å². The Morgan fingerprint density at radius 1 is 0.897 bits per heavy atom. The monoisotopic (exact) mass is 526 g/mol. The molecule has 0 amide bonds. The molecular weight excluding hydrogens is 492 g/mol. The van der Waals surface area contributed by atoms with Gasteiger partial charge in [0.05, 0.1) is 24.0 Å². The van der Waals surface area contributed by atoms with Crippen LogP contribution in [0.5, 0.6) is 0 Å². The summed E-state index contributed by atoms with van der Waals surface area (Å²) in [5.74, 6) is 1.93. The van der Waals surface area contributed by atoms with E-state index < -0.39 is 0 Å². The molecule has 2 fully saturated rings. The van der Waals surface area contributed by atoms with Crippen molar-refractivity contribution in [2.24, 2.45) is 0 Å². The van der Waals surface area contributed by atoms with Crippen molar-refractivity contribution in [2.75, 3.05) is 47.9 Å². The molecule has 1 atom stereocenters. The fraction of sp³-hybridized carbons (Fsp3) is 0.429. The van der Waals surface area contributed by atoms with Gasteiger partial charge in [-0.25, -0.2) is 19.9 Å². The van der Waals surface area contributed by atoms with Gasteiger partial charge in [0.15, 0.2) is 0 Å². The second kappa shape index (κ2) is 11.7. The van der Waals surface area contributed by atoms with Crippen molar-refractivity contribution in [1.29, 1.82) is 0 Å². The van der Waals surface area contributed by atoms with Gasteiger partial charge in [-0.3, -0.25) is 4.68 Å². The molecule has 4 aromatic rings. The van der Waals surface area contributed by atoms with Gasteiger partial charge in [0.1, 0.15) is 6.33 Å². The van der Waals surface area contributed by atoms with Gasteiger partial charge in [-0.15, -0.1) is 0 Å². The first-order chi connectivity index (χ1) is 19.2. The summed E-state index contributed by atoms with van der Waals surface area (Å²) < 4.78 is 7.81. The minimum absolute atomic E-state index is 0.228. The Hall–Kier alpha value is -4.12. The van der Waals surface area contributed by atoms with Crippen LogP contribution in [0.3, 0.4) is 0 Å². The molecule has 39 heavy (non-hydrogen) atoms. The maximum atomic E-state index is 5.86. The highest BCUT2D eigenvalue weighted by Gasteiger charge is 2.22. The Labute approximate surface area is 228 Å². The van der Waals surface area contributed by atoms with Crippen LogP contribution >= 0.6 is 0 Å². The molecule has 2 aliphatic heterocycles. The van der Waals surface area contributed by atoms with E-state index in [1.807, 2.05) is 36.3 Å². The predicted octanol–water partition coefficient (Wildman–Crippen LogP) is 3.40. The zero-order valence-corrected chi connectivity index (χ0v) is 22.3. The Balaban J connectivity index is 1.04. The lowest BCUT2D eigenvalue weighted by Crippen LogP contribution is -2.47. The number of ether oxygens (including phenoxy) is 1. The average Bonchev–Trinajstić information content (AvgIpc) is 3.32. The zero-order valence-electron chi connectivity index (χ0n) is 22.3. The lowest BCUT2D eigenvalue weighted by atomic mass is 10.1. The lowest BCUT2D eigenvalue weighted by molar-refractivity contribution is 0.00397. The van der Waals surface area contributed by atoms with Crippen molar-refractivity contribution >= 4 is 23.5 Å². The Morgan fingerprint density at radius 2 is 1.67 bits per heavy atom. The second-order valence-electron chi connectivity index (χ2n) is 10.1. The molecule has 0 bridgehead atoms. The van der Waals surface area contributed by atoms with E-state index in [1.54, 1.807) is 6.33 Å². The molecule has 5 heterocycles. The van der Waals surface area contributed by atoms with E-state index >= 15 is 0 Å². The molecule has 0 radical (unpaired) electrons. The second-order valence-corrected chi connectivity index (χ2v) is 10.1. The Bertz CT molecular complexity index is 1350. The smallest absolute Gasteiger partial charge is 0.232 e. The van der Waals surface area contributed by atoms with Gasteiger partial charge in [0.2, 0.25) is 17.8 Å². The van der Waals surface area contributed by atoms with Gasteiger partial charge in [0.25, 0.3) is 0 Å². The Morgan fingerprint density at radius 3 is 2.41 bits per heavy atom. The lowest BCUT2D eigenvalue weighted by Gasteiger charge is -2.34. The molecule has 0 saturated carbocycles. The van der Waals surface area contributed by atoms with Crippen molar-refractivity contribution in [2.45, 2.75) is 45.3 Å². The predicted molar refractivity (Wildman–Crippen MR) is 149 cm³/mol. The van der Waals surface area contributed by atoms with Crippen molar-refractivity contribution in [3.63, 3.8) is 0 Å². The van der Waals surface area contributed by atoms with Crippen LogP contribution in [0, 0.1) is 6.92 Å². The van der Waals surface area contributed by atoms with Gasteiger partial charge < -0.3 is 19.9 Å². The largest absolute Gasteiger partial charge is 0.376 e. The number of rotatable bonds is 8. The molecule has 1 aromatic carbocycles. The summed E-state index contributed by atoms with van der Waals surface area (Å²) >= 11 is 0. The van der Waals surface area contributed by atoms with E-state index in [2.05, 4.69) is 69.4 Å². The molecule has 1 N–H and O–H groups in total. The molecule has 11 nitrogen and oxygen atoms in total. The summed E-state index contributed by atoms with van der Waals surface area (Å²) in [6.45, 7) is 6.72. The SMILES string of the molecule is Cc1nn(C[C@@H]2CCCCO2)cc1Nc1ncnc(N2CCN(c3ncc(Cc4ccccc4)cn3)CC2)n1. The summed E-state index contributed by atoms with van der Waals surface area (Å²) in [5, 5.41) is 7.97. The third-order valence-corrected chi connectivity index (χ3v) is 7.20. The highest BCUT2D eigenvalue weighted by Crippen LogP contribution is 2.21. The van der Waals surface area contributed by atoms with E-state index in [4.69, 9.17) is 4.74 Å². The minimum atomic E-state index is 0.228. The molecule has 3 aromatic heterocycles. The van der Waals surface area contributed by atoms with Crippen LogP contribution in [0.4, 0.5) is 23.5 Å². The van der Waals surface area contributed by atoms with Crippen molar-refractivity contribution in [1.82, 2.24) is 34.7 Å². The van der Waals surface area contributed by atoms with E-state index in [-0.39, 0.29) is 6.10 Å². The normalized spacial score (nSPS) is 17.8. The van der Waals surface area contributed by atoms with Crippen LogP contribution in [0.15, 0.2) is 55.2 Å². The first-order valence-corrected chi connectivity index (χ1v) is 13.7. The quantitative estimate of drug-likeness (QED) is 0.367. The summed E-state index contributed by atoms with van der Waals surface area (Å²) in [6, 6.07) is 10.4. The minimum Gasteiger partial charge on any atom is -0.376 e. The first-order valence-electron chi connectivity index (χ1n) is 13.7. The van der Waals surface area contributed by atoms with E-state index in [9.17, 15) is 0 Å². The number of anilines is 4. The van der Waals surface area contributed by atoms with Gasteiger partial charge in [0, 0.05) is 57.8 Å². The highest BCUT2D eigenvalue weighted by molar-refractivity contribution is 5.55. The number of piperazine rings is 1. The third kappa shape index (κ3) is 6.31. The van der Waals surface area contributed by atoms with Gasteiger partial charge in [-0.05, 0) is 37.3 Å². The maximum Gasteiger partial charge on any atom is 0.232 e. The number of benzene rings is 1. The topological polar surface area (TPSA) is 110 Å². The number of nitrogens with one attached hydrogen (secondary N) is 1. The maximum absolute atomic E-state index is 5.86. The van der Waals surface area contributed by atoms with Crippen LogP contribution in [0.1, 0.15) is 36.1 Å². The van der Waals surface area contributed by atoms with Gasteiger partial charge in [-0.2, -0.15) is 10.1 Å². The Kier molecular flexibility index (Phi) is 7.57. The number of hydrogen-bond donors (Lipinski definition) is 1. The molecule has 11 heteroatoms. The fourth-order valence-corrected chi connectivity index (χ4v) is 5.06. The standard InChI is InChI=1S/C28H34N10O/c1-21-25(19-38(35-21)18-24-9-5-6-14-39-24)33-26-31-20-32-28(34-26)37-12-10-36(11-13-37)27-29-16-23(17-30-27)15-22-7-3-2-4-8-22/h2-4,7-8,16-17,19-20,24H,5-6,9-15,18H2,1H3,(H,31,32,33,34)/t24-/m0/s1. The summed E-state index contributed by atoms with van der Waals surface area (Å²) in [7, 11) is 0. The number of aryl methyl sites for hydroxylation is 1. The molecule has 0 spiro atoms.